The summed E-state index contributed by atoms with van der Waals surface area (Å²) in [5.41, 5.74) is 0.847. The second-order valence-electron chi connectivity index (χ2n) is 4.89. The number of hydrogen-bond donors (Lipinski definition) is 1. The third kappa shape index (κ3) is 4.08. The van der Waals surface area contributed by atoms with Gasteiger partial charge in [0.15, 0.2) is 5.75 Å². The van der Waals surface area contributed by atoms with E-state index in [-0.39, 0.29) is 10.8 Å². The van der Waals surface area contributed by atoms with Crippen LogP contribution in [0.4, 0.5) is 11.4 Å². The van der Waals surface area contributed by atoms with E-state index < -0.39 is 0 Å². The van der Waals surface area contributed by atoms with Gasteiger partial charge in [0, 0.05) is 11.1 Å². The average molecular weight is 369 g/mol. The molecule has 2 aromatic rings. The highest BCUT2D eigenvalue weighted by Gasteiger charge is 2.11. The highest BCUT2D eigenvalue weighted by atomic mass is 35.5. The second kappa shape index (κ2) is 7.70. The van der Waals surface area contributed by atoms with Gasteiger partial charge in [-0.05, 0) is 24.3 Å². The summed E-state index contributed by atoms with van der Waals surface area (Å²) in [4.78, 5) is 0. The summed E-state index contributed by atoms with van der Waals surface area (Å²) >= 11 is 12.0. The van der Waals surface area contributed by atoms with Crippen LogP contribution in [-0.4, -0.2) is 31.5 Å². The molecule has 1 heterocycles. The van der Waals surface area contributed by atoms with Crippen LogP contribution >= 0.6 is 23.2 Å². The summed E-state index contributed by atoms with van der Waals surface area (Å²) in [6, 6.07) is 7.94. The first-order valence-corrected chi connectivity index (χ1v) is 7.96. The lowest BCUT2D eigenvalue weighted by molar-refractivity contribution is 0.0767. The Balaban J connectivity index is 2.02. The van der Waals surface area contributed by atoms with Gasteiger partial charge in [-0.3, -0.25) is 0 Å². The first-order chi connectivity index (χ1) is 11.6. The molecule has 2 aromatic carbocycles. The number of azo groups is 1. The molecule has 0 aromatic heterocycles. The van der Waals surface area contributed by atoms with Gasteiger partial charge in [0.2, 0.25) is 0 Å². The Kier molecular flexibility index (Phi) is 5.40. The highest BCUT2D eigenvalue weighted by Crippen LogP contribution is 2.39. The third-order valence-electron chi connectivity index (χ3n) is 3.19. The summed E-state index contributed by atoms with van der Waals surface area (Å²) in [6.07, 6.45) is 0. The molecule has 126 valence electrons. The Bertz CT molecular complexity index is 768. The molecule has 3 rings (SSSR count). The molecule has 1 N–H and O–H groups in total. The Labute approximate surface area is 148 Å². The zero-order chi connectivity index (χ0) is 16.9. The maximum atomic E-state index is 9.75. The molecule has 0 saturated carbocycles. The van der Waals surface area contributed by atoms with Crippen LogP contribution < -0.4 is 9.47 Å². The topological polar surface area (TPSA) is 72.6 Å². The SMILES string of the molecule is Oc1cc2c(cc1Cl)N=Nc1cc(Cl)ccc1OCCOCCO2. The number of aromatic hydroxyl groups is 1. The lowest BCUT2D eigenvalue weighted by atomic mass is 10.3. The van der Waals surface area contributed by atoms with Crippen LogP contribution in [0.3, 0.4) is 0 Å². The molecule has 1 aliphatic rings. The molecule has 0 spiro atoms. The van der Waals surface area contributed by atoms with E-state index >= 15 is 0 Å². The van der Waals surface area contributed by atoms with E-state index in [2.05, 4.69) is 10.2 Å². The van der Waals surface area contributed by atoms with Crippen molar-refractivity contribution in [3.63, 3.8) is 0 Å². The van der Waals surface area contributed by atoms with Crippen molar-refractivity contribution < 1.29 is 19.3 Å². The fraction of sp³-hybridized carbons (Fsp3) is 0.250. The molecular weight excluding hydrogens is 355 g/mol. The molecular formula is C16H14Cl2N2O4. The number of ether oxygens (including phenoxy) is 3. The molecule has 0 aliphatic carbocycles. The molecule has 0 atom stereocenters. The van der Waals surface area contributed by atoms with Gasteiger partial charge in [-0.2, -0.15) is 0 Å². The standard InChI is InChI=1S/C16H14Cl2N2O4/c17-10-1-2-15-12(7-10)19-20-13-8-11(18)14(21)9-16(13)24-6-4-22-3-5-23-15/h1-2,7-9,21H,3-6H2. The number of hydrogen-bond acceptors (Lipinski definition) is 6. The Morgan fingerprint density at radius 2 is 1.50 bits per heavy atom. The van der Waals surface area contributed by atoms with Crippen molar-refractivity contribution in [3.05, 3.63) is 40.4 Å². The van der Waals surface area contributed by atoms with E-state index in [1.165, 1.54) is 12.1 Å². The average Bonchev–Trinajstić information content (AvgIpc) is 2.57. The van der Waals surface area contributed by atoms with E-state index in [4.69, 9.17) is 37.4 Å². The van der Waals surface area contributed by atoms with Crippen LogP contribution in [0.15, 0.2) is 40.6 Å². The number of nitrogens with zero attached hydrogens (tertiary/aromatic N) is 2. The van der Waals surface area contributed by atoms with Gasteiger partial charge in [0.25, 0.3) is 0 Å². The van der Waals surface area contributed by atoms with Crippen molar-refractivity contribution in [1.82, 2.24) is 0 Å². The number of halogens is 2. The fourth-order valence-electron chi connectivity index (χ4n) is 2.05. The molecule has 6 nitrogen and oxygen atoms in total. The summed E-state index contributed by atoms with van der Waals surface area (Å²) < 4.78 is 16.7. The molecule has 1 aliphatic heterocycles. The Morgan fingerprint density at radius 3 is 2.25 bits per heavy atom. The van der Waals surface area contributed by atoms with Crippen LogP contribution in [0.25, 0.3) is 0 Å². The molecule has 24 heavy (non-hydrogen) atoms. The van der Waals surface area contributed by atoms with Crippen LogP contribution in [-0.2, 0) is 4.74 Å². The zero-order valence-electron chi connectivity index (χ0n) is 12.5. The molecule has 0 unspecified atom stereocenters. The van der Waals surface area contributed by atoms with Crippen molar-refractivity contribution in [3.8, 4) is 17.2 Å². The van der Waals surface area contributed by atoms with Gasteiger partial charge < -0.3 is 19.3 Å². The summed E-state index contributed by atoms with van der Waals surface area (Å²) in [7, 11) is 0. The first-order valence-electron chi connectivity index (χ1n) is 7.20. The molecule has 0 bridgehead atoms. The number of rotatable bonds is 0. The minimum atomic E-state index is -0.0948. The smallest absolute Gasteiger partial charge is 0.150 e. The normalized spacial score (nSPS) is 14.9. The quantitative estimate of drug-likeness (QED) is 0.717. The summed E-state index contributed by atoms with van der Waals surface area (Å²) in [6.45, 7) is 1.43. The lowest BCUT2D eigenvalue weighted by Gasteiger charge is -2.10. The van der Waals surface area contributed by atoms with Crippen LogP contribution in [0.5, 0.6) is 17.2 Å². The molecule has 0 fully saturated rings. The van der Waals surface area contributed by atoms with Gasteiger partial charge in [-0.1, -0.05) is 23.2 Å². The lowest BCUT2D eigenvalue weighted by Crippen LogP contribution is -2.12. The fourth-order valence-corrected chi connectivity index (χ4v) is 2.37. The van der Waals surface area contributed by atoms with E-state index in [9.17, 15) is 5.11 Å². The van der Waals surface area contributed by atoms with Gasteiger partial charge in [0.1, 0.15) is 36.1 Å². The predicted molar refractivity (Wildman–Crippen MR) is 90.6 cm³/mol. The van der Waals surface area contributed by atoms with Crippen LogP contribution in [0.1, 0.15) is 0 Å². The maximum Gasteiger partial charge on any atom is 0.150 e. The largest absolute Gasteiger partial charge is 0.506 e. The van der Waals surface area contributed by atoms with Gasteiger partial charge >= 0.3 is 0 Å². The van der Waals surface area contributed by atoms with E-state index in [1.807, 2.05) is 0 Å². The molecule has 8 heteroatoms. The number of benzene rings is 2. The molecule has 0 amide bonds. The Morgan fingerprint density at radius 1 is 0.833 bits per heavy atom. The van der Waals surface area contributed by atoms with Gasteiger partial charge in [-0.15, -0.1) is 10.2 Å². The van der Waals surface area contributed by atoms with E-state index in [1.54, 1.807) is 18.2 Å². The second-order valence-corrected chi connectivity index (χ2v) is 5.74. The summed E-state index contributed by atoms with van der Waals surface area (Å²) in [5, 5.41) is 18.8. The highest BCUT2D eigenvalue weighted by molar-refractivity contribution is 6.32. The van der Waals surface area contributed by atoms with Gasteiger partial charge in [-0.25, -0.2) is 0 Å². The summed E-state index contributed by atoms with van der Waals surface area (Å²) in [5.74, 6) is 0.800. The molecule has 0 saturated heterocycles. The van der Waals surface area contributed by atoms with Crippen molar-refractivity contribution >= 4 is 34.6 Å². The minimum absolute atomic E-state index is 0.0948. The third-order valence-corrected chi connectivity index (χ3v) is 3.72. The van der Waals surface area contributed by atoms with Crippen LogP contribution in [0.2, 0.25) is 10.0 Å². The van der Waals surface area contributed by atoms with Crippen molar-refractivity contribution in [2.24, 2.45) is 10.2 Å². The van der Waals surface area contributed by atoms with Crippen LogP contribution in [0, 0.1) is 0 Å². The van der Waals surface area contributed by atoms with Crippen molar-refractivity contribution in [1.29, 1.82) is 0 Å². The monoisotopic (exact) mass is 368 g/mol. The number of fused-ring (bicyclic) bond motifs is 2. The van der Waals surface area contributed by atoms with E-state index in [0.717, 1.165) is 0 Å². The van der Waals surface area contributed by atoms with E-state index in [0.29, 0.717) is 54.3 Å². The Hall–Kier alpha value is -2.02. The zero-order valence-corrected chi connectivity index (χ0v) is 14.0. The maximum absolute atomic E-state index is 9.75. The number of phenolic OH excluding ortho intramolecular Hbond substituents is 1. The predicted octanol–water partition coefficient (Wildman–Crippen LogP) is 4.90. The molecule has 0 radical (unpaired) electrons. The number of phenols is 1. The van der Waals surface area contributed by atoms with Crippen molar-refractivity contribution in [2.75, 3.05) is 26.4 Å². The van der Waals surface area contributed by atoms with Crippen molar-refractivity contribution in [2.45, 2.75) is 0 Å². The first kappa shape index (κ1) is 16.8. The minimum Gasteiger partial charge on any atom is -0.506 e. The van der Waals surface area contributed by atoms with Gasteiger partial charge in [0.05, 0.1) is 18.2 Å².